The van der Waals surface area contributed by atoms with Crippen LogP contribution in [0.3, 0.4) is 0 Å². The van der Waals surface area contributed by atoms with Gasteiger partial charge in [0.2, 0.25) is 0 Å². The molecule has 1 amide bonds. The van der Waals surface area contributed by atoms with Crippen LogP contribution >= 0.6 is 22.9 Å². The second kappa shape index (κ2) is 6.58. The number of benzene rings is 1. The van der Waals surface area contributed by atoms with Crippen molar-refractivity contribution < 1.29 is 14.3 Å². The van der Waals surface area contributed by atoms with E-state index < -0.39 is 0 Å². The maximum atomic E-state index is 12.1. The Hall–Kier alpha value is -1.72. The lowest BCUT2D eigenvalue weighted by Crippen LogP contribution is -2.26. The molecule has 0 saturated heterocycles. The number of rotatable bonds is 3. The van der Waals surface area contributed by atoms with E-state index in [0.29, 0.717) is 34.6 Å². The summed E-state index contributed by atoms with van der Waals surface area (Å²) in [5, 5.41) is 5.39. The Morgan fingerprint density at radius 3 is 2.73 bits per heavy atom. The van der Waals surface area contributed by atoms with Gasteiger partial charge in [-0.3, -0.25) is 4.79 Å². The smallest absolute Gasteiger partial charge is 0.261 e. The average Bonchev–Trinajstić information content (AvgIpc) is 2.94. The quantitative estimate of drug-likeness (QED) is 0.919. The second-order valence-corrected chi connectivity index (χ2v) is 6.40. The van der Waals surface area contributed by atoms with Crippen LogP contribution in [0, 0.1) is 0 Å². The highest BCUT2D eigenvalue weighted by molar-refractivity contribution is 7.12. The first-order valence-electron chi connectivity index (χ1n) is 7.08. The van der Waals surface area contributed by atoms with E-state index in [1.807, 2.05) is 24.4 Å². The zero-order valence-corrected chi connectivity index (χ0v) is 13.7. The van der Waals surface area contributed by atoms with E-state index in [9.17, 15) is 4.79 Å². The molecule has 0 bridgehead atoms. The fraction of sp³-hybridized carbons (Fsp3) is 0.312. The minimum Gasteiger partial charge on any atom is -0.490 e. The molecule has 0 unspecified atom stereocenters. The molecule has 22 heavy (non-hydrogen) atoms. The van der Waals surface area contributed by atoms with Crippen LogP contribution in [0.2, 0.25) is 5.02 Å². The summed E-state index contributed by atoms with van der Waals surface area (Å²) in [4.78, 5) is 12.8. The van der Waals surface area contributed by atoms with Crippen LogP contribution in [0.15, 0.2) is 29.6 Å². The number of carbonyl (C=O) groups is 1. The van der Waals surface area contributed by atoms with Crippen molar-refractivity contribution in [3.05, 3.63) is 45.1 Å². The van der Waals surface area contributed by atoms with E-state index in [1.165, 1.54) is 11.3 Å². The molecule has 1 N–H and O–H groups in total. The average molecular weight is 338 g/mol. The number of ether oxygens (including phenoxy) is 2. The van der Waals surface area contributed by atoms with Gasteiger partial charge in [-0.15, -0.1) is 11.3 Å². The fourth-order valence-electron chi connectivity index (χ4n) is 2.28. The summed E-state index contributed by atoms with van der Waals surface area (Å²) >= 11 is 7.74. The van der Waals surface area contributed by atoms with Crippen LogP contribution in [-0.4, -0.2) is 19.1 Å². The number of fused-ring (bicyclic) bond motifs is 1. The van der Waals surface area contributed by atoms with Crippen LogP contribution in [-0.2, 0) is 0 Å². The van der Waals surface area contributed by atoms with Crippen LogP contribution in [0.1, 0.15) is 34.6 Å². The first-order chi connectivity index (χ1) is 10.6. The van der Waals surface area contributed by atoms with E-state index in [0.717, 1.165) is 12.0 Å². The van der Waals surface area contributed by atoms with Crippen LogP contribution in [0.4, 0.5) is 0 Å². The van der Waals surface area contributed by atoms with Crippen molar-refractivity contribution in [1.29, 1.82) is 0 Å². The fourth-order valence-corrected chi connectivity index (χ4v) is 3.23. The minimum atomic E-state index is -0.223. The summed E-state index contributed by atoms with van der Waals surface area (Å²) in [6, 6.07) is 7.03. The highest BCUT2D eigenvalue weighted by atomic mass is 35.5. The molecule has 1 aromatic carbocycles. The predicted octanol–water partition coefficient (Wildman–Crippen LogP) is 4.05. The standard InChI is InChI=1S/C16H16ClNO3S/c1-10(18-16(19)15-4-2-7-22-15)11-8-13-14(9-12(11)17)21-6-3-5-20-13/h2,4,7-10H,3,5-6H2,1H3,(H,18,19)/t10-/m0/s1. The third-order valence-electron chi connectivity index (χ3n) is 3.43. The van der Waals surface area contributed by atoms with Crippen LogP contribution in [0.25, 0.3) is 0 Å². The molecule has 0 radical (unpaired) electrons. The Kier molecular flexibility index (Phi) is 4.55. The highest BCUT2D eigenvalue weighted by Crippen LogP contribution is 2.37. The van der Waals surface area contributed by atoms with Gasteiger partial charge in [0.25, 0.3) is 5.91 Å². The van der Waals surface area contributed by atoms with Crippen molar-refractivity contribution in [2.24, 2.45) is 0 Å². The molecule has 3 rings (SSSR count). The third-order valence-corrected chi connectivity index (χ3v) is 4.62. The molecule has 6 heteroatoms. The zero-order valence-electron chi connectivity index (χ0n) is 12.1. The Morgan fingerprint density at radius 1 is 1.32 bits per heavy atom. The first-order valence-corrected chi connectivity index (χ1v) is 8.34. The molecule has 4 nitrogen and oxygen atoms in total. The van der Waals surface area contributed by atoms with Crippen molar-refractivity contribution in [3.63, 3.8) is 0 Å². The maximum absolute atomic E-state index is 12.1. The van der Waals surface area contributed by atoms with E-state index in [4.69, 9.17) is 21.1 Å². The van der Waals surface area contributed by atoms with Gasteiger partial charge in [-0.1, -0.05) is 17.7 Å². The molecule has 1 aromatic heterocycles. The molecule has 2 heterocycles. The Morgan fingerprint density at radius 2 is 2.05 bits per heavy atom. The number of hydrogen-bond acceptors (Lipinski definition) is 4. The van der Waals surface area contributed by atoms with Gasteiger partial charge >= 0.3 is 0 Å². The van der Waals surface area contributed by atoms with Gasteiger partial charge in [0.05, 0.1) is 24.1 Å². The normalized spacial score (nSPS) is 15.0. The van der Waals surface area contributed by atoms with Crippen LogP contribution < -0.4 is 14.8 Å². The Bertz CT molecular complexity index is 672. The predicted molar refractivity (Wildman–Crippen MR) is 87.3 cm³/mol. The monoisotopic (exact) mass is 337 g/mol. The lowest BCUT2D eigenvalue weighted by atomic mass is 10.1. The van der Waals surface area contributed by atoms with Gasteiger partial charge in [0.15, 0.2) is 11.5 Å². The third kappa shape index (κ3) is 3.20. The minimum absolute atomic E-state index is 0.106. The molecule has 0 saturated carbocycles. The molecule has 2 aromatic rings. The van der Waals surface area contributed by atoms with Gasteiger partial charge in [-0.25, -0.2) is 0 Å². The van der Waals surface area contributed by atoms with E-state index in [2.05, 4.69) is 5.32 Å². The van der Waals surface area contributed by atoms with Crippen molar-refractivity contribution in [2.75, 3.05) is 13.2 Å². The van der Waals surface area contributed by atoms with E-state index in [-0.39, 0.29) is 11.9 Å². The maximum Gasteiger partial charge on any atom is 0.261 e. The molecule has 0 spiro atoms. The molecule has 116 valence electrons. The first kappa shape index (κ1) is 15.2. The van der Waals surface area contributed by atoms with Gasteiger partial charge in [-0.2, -0.15) is 0 Å². The summed E-state index contributed by atoms with van der Waals surface area (Å²) in [6.45, 7) is 3.13. The van der Waals surface area contributed by atoms with E-state index in [1.54, 1.807) is 12.1 Å². The highest BCUT2D eigenvalue weighted by Gasteiger charge is 2.19. The molecule has 0 fully saturated rings. The van der Waals surface area contributed by atoms with Crippen LogP contribution in [0.5, 0.6) is 11.5 Å². The number of hydrogen-bond donors (Lipinski definition) is 1. The Labute approximate surface area is 138 Å². The lowest BCUT2D eigenvalue weighted by molar-refractivity contribution is 0.0944. The molecule has 1 aliphatic heterocycles. The van der Waals surface area contributed by atoms with Crippen molar-refractivity contribution in [1.82, 2.24) is 5.32 Å². The molecular weight excluding hydrogens is 322 g/mol. The summed E-state index contributed by atoms with van der Waals surface area (Å²) < 4.78 is 11.3. The van der Waals surface area contributed by atoms with Crippen molar-refractivity contribution in [2.45, 2.75) is 19.4 Å². The Balaban J connectivity index is 1.81. The van der Waals surface area contributed by atoms with Gasteiger partial charge < -0.3 is 14.8 Å². The summed E-state index contributed by atoms with van der Waals surface area (Å²) in [5.41, 5.74) is 0.816. The second-order valence-electron chi connectivity index (χ2n) is 5.04. The molecule has 0 aliphatic carbocycles. The largest absolute Gasteiger partial charge is 0.490 e. The number of carbonyl (C=O) groups excluding carboxylic acids is 1. The SMILES string of the molecule is C[C@H](NC(=O)c1cccs1)c1cc2c(cc1Cl)OCCCO2. The molecule has 1 atom stereocenters. The molecule has 1 aliphatic rings. The summed E-state index contributed by atoms with van der Waals surface area (Å²) in [6.07, 6.45) is 0.840. The molecular formula is C16H16ClNO3S. The lowest BCUT2D eigenvalue weighted by Gasteiger charge is -2.17. The van der Waals surface area contributed by atoms with E-state index >= 15 is 0 Å². The van der Waals surface area contributed by atoms with Gasteiger partial charge in [0.1, 0.15) is 0 Å². The van der Waals surface area contributed by atoms with Gasteiger partial charge in [-0.05, 0) is 30.0 Å². The number of halogens is 1. The summed E-state index contributed by atoms with van der Waals surface area (Å²) in [5.74, 6) is 1.22. The summed E-state index contributed by atoms with van der Waals surface area (Å²) in [7, 11) is 0. The number of nitrogens with one attached hydrogen (secondary N) is 1. The number of thiophene rings is 1. The van der Waals surface area contributed by atoms with Crippen molar-refractivity contribution >= 4 is 28.8 Å². The van der Waals surface area contributed by atoms with Crippen molar-refractivity contribution in [3.8, 4) is 11.5 Å². The van der Waals surface area contributed by atoms with Gasteiger partial charge in [0, 0.05) is 17.5 Å². The topological polar surface area (TPSA) is 47.6 Å². The number of amides is 1. The zero-order chi connectivity index (χ0) is 15.5.